The lowest BCUT2D eigenvalue weighted by molar-refractivity contribution is 0.306. The second kappa shape index (κ2) is 10.5. The van der Waals surface area contributed by atoms with E-state index in [1.54, 1.807) is 13.3 Å². The smallest absolute Gasteiger partial charge is 0.203 e. The summed E-state index contributed by atoms with van der Waals surface area (Å²) in [5, 5.41) is 7.01. The molecule has 28 heavy (non-hydrogen) atoms. The summed E-state index contributed by atoms with van der Waals surface area (Å²) in [6, 6.07) is 15.8. The molecule has 0 spiro atoms. The van der Waals surface area contributed by atoms with E-state index in [2.05, 4.69) is 22.4 Å². The van der Waals surface area contributed by atoms with Crippen LogP contribution in [0.15, 0.2) is 59.0 Å². The number of rotatable bonds is 10. The molecule has 0 atom stereocenters. The zero-order chi connectivity index (χ0) is 19.6. The Morgan fingerprint density at radius 2 is 1.96 bits per heavy atom. The summed E-state index contributed by atoms with van der Waals surface area (Å²) < 4.78 is 11.0. The van der Waals surface area contributed by atoms with Gasteiger partial charge in [-0.05, 0) is 48.4 Å². The first-order valence-corrected chi connectivity index (χ1v) is 10.3. The largest absolute Gasteiger partial charge is 0.497 e. The number of methoxy groups -OCH3 is 1. The summed E-state index contributed by atoms with van der Waals surface area (Å²) in [6.07, 6.45) is 5.27. The van der Waals surface area contributed by atoms with Gasteiger partial charge >= 0.3 is 0 Å². The van der Waals surface area contributed by atoms with Gasteiger partial charge in [0.15, 0.2) is 0 Å². The minimum absolute atomic E-state index is 0.741. The normalized spacial score (nSPS) is 10.9. The lowest BCUT2D eigenvalue weighted by atomic mass is 10.2. The molecule has 1 aromatic heterocycles. The predicted octanol–water partition coefficient (Wildman–Crippen LogP) is 5.83. The standard InChI is InChI=1S/C22H25N3O2S/c1-3-4-5-13-27-19-11-9-17(10-12-19)15-23-25-22-24-21(16-28-22)18-7-6-8-20(14-18)26-2/h6-12,14-16H,3-5,13H2,1-2H3,(H,24,25)/b23-15-. The molecule has 5 nitrogen and oxygen atoms in total. The fourth-order valence-corrected chi connectivity index (χ4v) is 3.26. The van der Waals surface area contributed by atoms with E-state index in [-0.39, 0.29) is 0 Å². The third-order valence-corrected chi connectivity index (χ3v) is 4.89. The van der Waals surface area contributed by atoms with Gasteiger partial charge in [-0.2, -0.15) is 5.10 Å². The van der Waals surface area contributed by atoms with E-state index < -0.39 is 0 Å². The van der Waals surface area contributed by atoms with Crippen LogP contribution >= 0.6 is 11.3 Å². The molecule has 1 heterocycles. The van der Waals surface area contributed by atoms with Crippen LogP contribution in [-0.2, 0) is 0 Å². The third kappa shape index (κ3) is 5.82. The van der Waals surface area contributed by atoms with Crippen molar-refractivity contribution in [2.75, 3.05) is 19.1 Å². The number of aromatic nitrogens is 1. The van der Waals surface area contributed by atoms with Gasteiger partial charge in [-0.3, -0.25) is 5.43 Å². The highest BCUT2D eigenvalue weighted by Crippen LogP contribution is 2.27. The topological polar surface area (TPSA) is 55.7 Å². The second-order valence-corrected chi connectivity index (χ2v) is 7.12. The van der Waals surface area contributed by atoms with Gasteiger partial charge in [0, 0.05) is 10.9 Å². The maximum absolute atomic E-state index is 5.72. The summed E-state index contributed by atoms with van der Waals surface area (Å²) >= 11 is 1.51. The summed E-state index contributed by atoms with van der Waals surface area (Å²) in [5.74, 6) is 1.71. The molecule has 6 heteroatoms. The molecule has 2 aromatic carbocycles. The van der Waals surface area contributed by atoms with Crippen LogP contribution < -0.4 is 14.9 Å². The van der Waals surface area contributed by atoms with Crippen molar-refractivity contribution in [3.63, 3.8) is 0 Å². The van der Waals surface area contributed by atoms with Crippen LogP contribution in [0.4, 0.5) is 5.13 Å². The van der Waals surface area contributed by atoms with Gasteiger partial charge in [-0.25, -0.2) is 4.98 Å². The molecule has 0 aliphatic rings. The number of ether oxygens (including phenoxy) is 2. The molecule has 146 valence electrons. The molecular formula is C22H25N3O2S. The van der Waals surface area contributed by atoms with Gasteiger partial charge in [-0.1, -0.05) is 31.9 Å². The molecular weight excluding hydrogens is 370 g/mol. The van der Waals surface area contributed by atoms with Gasteiger partial charge in [0.05, 0.1) is 25.6 Å². The molecule has 3 rings (SSSR count). The number of hydrogen-bond acceptors (Lipinski definition) is 6. The maximum atomic E-state index is 5.72. The average Bonchev–Trinajstić information content (AvgIpc) is 3.21. The lowest BCUT2D eigenvalue weighted by Crippen LogP contribution is -1.97. The van der Waals surface area contributed by atoms with Crippen LogP contribution in [0.2, 0.25) is 0 Å². The minimum atomic E-state index is 0.741. The Hall–Kier alpha value is -2.86. The maximum Gasteiger partial charge on any atom is 0.203 e. The molecule has 0 bridgehead atoms. The molecule has 0 aliphatic carbocycles. The van der Waals surface area contributed by atoms with Crippen LogP contribution in [0, 0.1) is 0 Å². The quantitative estimate of drug-likeness (QED) is 0.266. The fourth-order valence-electron chi connectivity index (χ4n) is 2.59. The summed E-state index contributed by atoms with van der Waals surface area (Å²) in [6.45, 7) is 2.95. The van der Waals surface area contributed by atoms with E-state index in [0.717, 1.165) is 46.5 Å². The molecule has 0 aliphatic heterocycles. The Morgan fingerprint density at radius 1 is 1.11 bits per heavy atom. The Bertz CT molecular complexity index is 891. The number of nitrogens with one attached hydrogen (secondary N) is 1. The predicted molar refractivity (Wildman–Crippen MR) is 117 cm³/mol. The molecule has 1 N–H and O–H groups in total. The number of nitrogens with zero attached hydrogens (tertiary/aromatic N) is 2. The SMILES string of the molecule is CCCCCOc1ccc(/C=N\Nc2nc(-c3cccc(OC)c3)cs2)cc1. The third-order valence-electron chi connectivity index (χ3n) is 4.14. The average molecular weight is 396 g/mol. The highest BCUT2D eigenvalue weighted by molar-refractivity contribution is 7.14. The van der Waals surface area contributed by atoms with Crippen LogP contribution in [0.25, 0.3) is 11.3 Å². The first-order chi connectivity index (χ1) is 13.8. The van der Waals surface area contributed by atoms with Crippen molar-refractivity contribution in [2.45, 2.75) is 26.2 Å². The second-order valence-electron chi connectivity index (χ2n) is 6.26. The molecule has 0 saturated carbocycles. The van der Waals surface area contributed by atoms with E-state index in [4.69, 9.17) is 9.47 Å². The lowest BCUT2D eigenvalue weighted by Gasteiger charge is -2.05. The number of hydrazone groups is 1. The van der Waals surface area contributed by atoms with E-state index in [0.29, 0.717) is 0 Å². The molecule has 0 amide bonds. The van der Waals surface area contributed by atoms with Gasteiger partial charge in [0.25, 0.3) is 0 Å². The van der Waals surface area contributed by atoms with Crippen LogP contribution in [-0.4, -0.2) is 24.9 Å². The Labute approximate surface area is 170 Å². The number of hydrogen-bond donors (Lipinski definition) is 1. The monoisotopic (exact) mass is 395 g/mol. The zero-order valence-electron chi connectivity index (χ0n) is 16.2. The van der Waals surface area contributed by atoms with Crippen molar-refractivity contribution >= 4 is 22.7 Å². The Morgan fingerprint density at radius 3 is 2.75 bits per heavy atom. The van der Waals surface area contributed by atoms with Gasteiger partial charge in [0.2, 0.25) is 5.13 Å². The van der Waals surface area contributed by atoms with Crippen LogP contribution in [0.5, 0.6) is 11.5 Å². The van der Waals surface area contributed by atoms with Crippen LogP contribution in [0.3, 0.4) is 0 Å². The van der Waals surface area contributed by atoms with E-state index in [1.165, 1.54) is 24.2 Å². The number of thiazole rings is 1. The van der Waals surface area contributed by atoms with Crippen LogP contribution in [0.1, 0.15) is 31.7 Å². The van der Waals surface area contributed by atoms with Gasteiger partial charge < -0.3 is 9.47 Å². The fraction of sp³-hybridized carbons (Fsp3) is 0.273. The van der Waals surface area contributed by atoms with Gasteiger partial charge in [-0.15, -0.1) is 11.3 Å². The zero-order valence-corrected chi connectivity index (χ0v) is 17.0. The summed E-state index contributed by atoms with van der Waals surface area (Å²) in [7, 11) is 1.66. The van der Waals surface area contributed by atoms with Crippen molar-refractivity contribution in [1.29, 1.82) is 0 Å². The molecule has 0 unspecified atom stereocenters. The molecule has 0 saturated heterocycles. The number of unbranched alkanes of at least 4 members (excludes halogenated alkanes) is 2. The minimum Gasteiger partial charge on any atom is -0.497 e. The van der Waals surface area contributed by atoms with E-state index in [1.807, 2.05) is 53.9 Å². The van der Waals surface area contributed by atoms with Crippen molar-refractivity contribution in [1.82, 2.24) is 4.98 Å². The Balaban J connectivity index is 1.52. The Kier molecular flexibility index (Phi) is 7.44. The molecule has 3 aromatic rings. The van der Waals surface area contributed by atoms with Crippen molar-refractivity contribution in [3.05, 3.63) is 59.5 Å². The molecule has 0 radical (unpaired) electrons. The van der Waals surface area contributed by atoms with Crippen molar-refractivity contribution in [2.24, 2.45) is 5.10 Å². The summed E-state index contributed by atoms with van der Waals surface area (Å²) in [5.41, 5.74) is 5.90. The highest BCUT2D eigenvalue weighted by Gasteiger charge is 2.05. The van der Waals surface area contributed by atoms with Gasteiger partial charge in [0.1, 0.15) is 11.5 Å². The summed E-state index contributed by atoms with van der Waals surface area (Å²) in [4.78, 5) is 4.57. The van der Waals surface area contributed by atoms with Crippen molar-refractivity contribution in [3.8, 4) is 22.8 Å². The van der Waals surface area contributed by atoms with E-state index >= 15 is 0 Å². The van der Waals surface area contributed by atoms with E-state index in [9.17, 15) is 0 Å². The highest BCUT2D eigenvalue weighted by atomic mass is 32.1. The molecule has 0 fully saturated rings. The number of anilines is 1. The number of benzene rings is 2. The first-order valence-electron chi connectivity index (χ1n) is 9.40. The van der Waals surface area contributed by atoms with Crippen molar-refractivity contribution < 1.29 is 9.47 Å². The first kappa shape index (κ1) is 19.9.